The molecule has 0 aliphatic rings. The first-order chi connectivity index (χ1) is 7.04. The average molecular weight is 264 g/mol. The van der Waals surface area contributed by atoms with Gasteiger partial charge in [-0.3, -0.25) is 0 Å². The highest BCUT2D eigenvalue weighted by Gasteiger charge is 2.09. The summed E-state index contributed by atoms with van der Waals surface area (Å²) in [5.74, 6) is 0.202. The first kappa shape index (κ1) is 12.0. The maximum Gasteiger partial charge on any atom is 0.0943 e. The van der Waals surface area contributed by atoms with E-state index >= 15 is 0 Å². The van der Waals surface area contributed by atoms with Crippen molar-refractivity contribution in [3.8, 4) is 6.07 Å². The quantitative estimate of drug-likeness (QED) is 0.756. The Morgan fingerprint density at radius 3 is 2.87 bits per heavy atom. The number of allylic oxidation sites excluding steroid dienone is 1. The zero-order chi connectivity index (χ0) is 11.4. The van der Waals surface area contributed by atoms with Crippen molar-refractivity contribution in [2.45, 2.75) is 20.3 Å². The molecule has 0 bridgehead atoms. The molecule has 0 fully saturated rings. The Balaban J connectivity index is 2.85. The zero-order valence-corrected chi connectivity index (χ0v) is 10.6. The van der Waals surface area contributed by atoms with E-state index in [1.807, 2.05) is 13.0 Å². The van der Waals surface area contributed by atoms with Crippen LogP contribution in [0.2, 0.25) is 0 Å². The Kier molecular flexibility index (Phi) is 4.11. The van der Waals surface area contributed by atoms with E-state index in [4.69, 9.17) is 5.26 Å². The highest BCUT2D eigenvalue weighted by molar-refractivity contribution is 9.10. The second-order valence-corrected chi connectivity index (χ2v) is 4.69. The fraction of sp³-hybridized carbons (Fsp3) is 0.308. The zero-order valence-electron chi connectivity index (χ0n) is 9.05. The van der Waals surface area contributed by atoms with Gasteiger partial charge in [-0.15, -0.1) is 0 Å². The first-order valence-corrected chi connectivity index (χ1v) is 5.68. The van der Waals surface area contributed by atoms with E-state index in [-0.39, 0.29) is 5.92 Å². The van der Waals surface area contributed by atoms with Crippen LogP contribution in [0.15, 0.2) is 34.8 Å². The molecule has 0 aromatic heterocycles. The number of nitriles is 1. The molecule has 1 atom stereocenters. The summed E-state index contributed by atoms with van der Waals surface area (Å²) >= 11 is 3.52. The van der Waals surface area contributed by atoms with Crippen LogP contribution < -0.4 is 0 Å². The molecule has 2 heteroatoms. The average Bonchev–Trinajstić information content (AvgIpc) is 2.22. The smallest absolute Gasteiger partial charge is 0.0943 e. The number of nitrogens with zero attached hydrogens (tertiary/aromatic N) is 1. The van der Waals surface area contributed by atoms with Crippen LogP contribution in [0.25, 0.3) is 0 Å². The molecule has 0 saturated carbocycles. The SMILES string of the molecule is C=C(C#N)C(C)Cc1cc(C)ccc1Br. The van der Waals surface area contributed by atoms with Crippen molar-refractivity contribution in [1.29, 1.82) is 5.26 Å². The summed E-state index contributed by atoms with van der Waals surface area (Å²) in [7, 11) is 0. The van der Waals surface area contributed by atoms with Gasteiger partial charge in [0.25, 0.3) is 0 Å². The molecule has 78 valence electrons. The second kappa shape index (κ2) is 5.14. The maximum atomic E-state index is 8.75. The summed E-state index contributed by atoms with van der Waals surface area (Å²) in [6.07, 6.45) is 0.856. The second-order valence-electron chi connectivity index (χ2n) is 3.84. The van der Waals surface area contributed by atoms with Crippen molar-refractivity contribution in [2.75, 3.05) is 0 Å². The van der Waals surface area contributed by atoms with Crippen molar-refractivity contribution in [2.24, 2.45) is 5.92 Å². The minimum absolute atomic E-state index is 0.202. The van der Waals surface area contributed by atoms with Crippen LogP contribution in [0.4, 0.5) is 0 Å². The Labute approximate surface area is 99.6 Å². The number of hydrogen-bond acceptors (Lipinski definition) is 1. The van der Waals surface area contributed by atoms with E-state index in [0.717, 1.165) is 10.9 Å². The van der Waals surface area contributed by atoms with Gasteiger partial charge in [-0.05, 0) is 30.9 Å². The molecule has 0 radical (unpaired) electrons. The molecule has 1 nitrogen and oxygen atoms in total. The van der Waals surface area contributed by atoms with Gasteiger partial charge >= 0.3 is 0 Å². The Morgan fingerprint density at radius 1 is 1.60 bits per heavy atom. The molecular weight excluding hydrogens is 250 g/mol. The number of halogens is 1. The predicted octanol–water partition coefficient (Wildman–Crippen LogP) is 4.02. The van der Waals surface area contributed by atoms with Gasteiger partial charge in [0.1, 0.15) is 0 Å². The van der Waals surface area contributed by atoms with Crippen LogP contribution in [0, 0.1) is 24.2 Å². The third kappa shape index (κ3) is 3.21. The normalized spacial score (nSPS) is 11.9. The molecule has 1 rings (SSSR count). The van der Waals surface area contributed by atoms with Crippen molar-refractivity contribution in [3.63, 3.8) is 0 Å². The third-order valence-corrected chi connectivity index (χ3v) is 3.24. The van der Waals surface area contributed by atoms with Crippen molar-refractivity contribution in [3.05, 3.63) is 46.0 Å². The summed E-state index contributed by atoms with van der Waals surface area (Å²) in [6, 6.07) is 8.37. The molecule has 1 unspecified atom stereocenters. The molecule has 0 heterocycles. The van der Waals surface area contributed by atoms with Gasteiger partial charge in [-0.25, -0.2) is 0 Å². The number of benzene rings is 1. The van der Waals surface area contributed by atoms with Crippen LogP contribution in [0.1, 0.15) is 18.1 Å². The minimum Gasteiger partial charge on any atom is -0.193 e. The molecule has 15 heavy (non-hydrogen) atoms. The monoisotopic (exact) mass is 263 g/mol. The first-order valence-electron chi connectivity index (χ1n) is 4.88. The lowest BCUT2D eigenvalue weighted by atomic mass is 9.94. The fourth-order valence-electron chi connectivity index (χ4n) is 1.42. The van der Waals surface area contributed by atoms with Gasteiger partial charge in [0.2, 0.25) is 0 Å². The third-order valence-electron chi connectivity index (χ3n) is 2.47. The lowest BCUT2D eigenvalue weighted by Gasteiger charge is -2.11. The molecular formula is C13H14BrN. The Bertz CT molecular complexity index is 415. The summed E-state index contributed by atoms with van der Waals surface area (Å²) in [4.78, 5) is 0. The van der Waals surface area contributed by atoms with Crippen LogP contribution in [-0.2, 0) is 6.42 Å². The lowest BCUT2D eigenvalue weighted by Crippen LogP contribution is -2.02. The van der Waals surface area contributed by atoms with Crippen molar-refractivity contribution < 1.29 is 0 Å². The number of hydrogen-bond donors (Lipinski definition) is 0. The van der Waals surface area contributed by atoms with Crippen LogP contribution in [0.3, 0.4) is 0 Å². The topological polar surface area (TPSA) is 23.8 Å². The van der Waals surface area contributed by atoms with E-state index in [1.165, 1.54) is 11.1 Å². The molecule has 0 aliphatic carbocycles. The van der Waals surface area contributed by atoms with E-state index in [2.05, 4.69) is 47.6 Å². The molecule has 0 N–H and O–H groups in total. The van der Waals surface area contributed by atoms with E-state index in [9.17, 15) is 0 Å². The standard InChI is InChI=1S/C13H14BrN/c1-9-4-5-13(14)12(6-9)7-10(2)11(3)8-15/h4-6,10H,3,7H2,1-2H3. The van der Waals surface area contributed by atoms with Crippen molar-refractivity contribution >= 4 is 15.9 Å². The predicted molar refractivity (Wildman–Crippen MR) is 66.5 cm³/mol. The van der Waals surface area contributed by atoms with Gasteiger partial charge in [-0.2, -0.15) is 5.26 Å². The van der Waals surface area contributed by atoms with E-state index < -0.39 is 0 Å². The van der Waals surface area contributed by atoms with Crippen molar-refractivity contribution in [1.82, 2.24) is 0 Å². The molecule has 0 amide bonds. The molecule has 1 aromatic rings. The molecule has 1 aromatic carbocycles. The Morgan fingerprint density at radius 2 is 2.27 bits per heavy atom. The lowest BCUT2D eigenvalue weighted by molar-refractivity contribution is 0.697. The number of rotatable bonds is 3. The summed E-state index contributed by atoms with van der Waals surface area (Å²) < 4.78 is 1.10. The van der Waals surface area contributed by atoms with Gasteiger partial charge < -0.3 is 0 Å². The molecule has 0 aliphatic heterocycles. The van der Waals surface area contributed by atoms with Gasteiger partial charge in [0.15, 0.2) is 0 Å². The summed E-state index contributed by atoms with van der Waals surface area (Å²) in [6.45, 7) is 7.84. The summed E-state index contributed by atoms with van der Waals surface area (Å²) in [5.41, 5.74) is 3.12. The molecule has 0 spiro atoms. The van der Waals surface area contributed by atoms with E-state index in [0.29, 0.717) is 5.57 Å². The number of aryl methyl sites for hydroxylation is 1. The van der Waals surface area contributed by atoms with Crippen LogP contribution in [0.5, 0.6) is 0 Å². The van der Waals surface area contributed by atoms with Gasteiger partial charge in [0.05, 0.1) is 6.07 Å². The minimum atomic E-state index is 0.202. The maximum absolute atomic E-state index is 8.75. The highest BCUT2D eigenvalue weighted by Crippen LogP contribution is 2.23. The van der Waals surface area contributed by atoms with Gasteiger partial charge in [-0.1, -0.05) is 47.1 Å². The highest BCUT2D eigenvalue weighted by atomic mass is 79.9. The summed E-state index contributed by atoms with van der Waals surface area (Å²) in [5, 5.41) is 8.75. The molecule has 0 saturated heterocycles. The Hall–Kier alpha value is -1.07. The largest absolute Gasteiger partial charge is 0.193 e. The van der Waals surface area contributed by atoms with E-state index in [1.54, 1.807) is 0 Å². The van der Waals surface area contributed by atoms with Gasteiger partial charge in [0, 0.05) is 10.0 Å². The van der Waals surface area contributed by atoms with Crippen LogP contribution in [-0.4, -0.2) is 0 Å². The fourth-order valence-corrected chi connectivity index (χ4v) is 1.83. The van der Waals surface area contributed by atoms with Crippen LogP contribution >= 0.6 is 15.9 Å².